The minimum atomic E-state index is -3.83. The van der Waals surface area contributed by atoms with E-state index in [4.69, 9.17) is 16.6 Å². The van der Waals surface area contributed by atoms with Gasteiger partial charge in [0.15, 0.2) is 5.69 Å². The zero-order valence-electron chi connectivity index (χ0n) is 26.1. The molecule has 2 N–H and O–H groups in total. The van der Waals surface area contributed by atoms with Crippen LogP contribution < -0.4 is 25.4 Å². The van der Waals surface area contributed by atoms with E-state index in [1.807, 2.05) is 62.0 Å². The van der Waals surface area contributed by atoms with E-state index in [1.165, 1.54) is 11.6 Å². The Balaban J connectivity index is 1.45. The molecular formula is C31H37ClN8O4S. The standard InChI is InChI=1S/C31H37ClN8O4S/c1-18-15-22(19(2)34-24-8-9-25(32)35-28(24)29(41)37-45(6,43)44)27-23(16-18)30(42)39(5)31(36-27)40-13-11-20(12-14-40)21-7-10-26(33-17-21)38(3)4/h7-10,15-17,19-20,34H,11-14H2,1-6H3,(H,37,41)/t19-/m1/s1. The molecular weight excluding hydrogens is 616 g/mol. The highest BCUT2D eigenvalue weighted by Crippen LogP contribution is 2.32. The van der Waals surface area contributed by atoms with Crippen LogP contribution in [0.5, 0.6) is 0 Å². The summed E-state index contributed by atoms with van der Waals surface area (Å²) in [6, 6.07) is 10.6. The number of benzene rings is 1. The molecule has 45 heavy (non-hydrogen) atoms. The maximum atomic E-state index is 13.7. The quantitative estimate of drug-likeness (QED) is 0.268. The van der Waals surface area contributed by atoms with Crippen molar-refractivity contribution in [2.75, 3.05) is 48.6 Å². The Morgan fingerprint density at radius 1 is 1.11 bits per heavy atom. The van der Waals surface area contributed by atoms with Gasteiger partial charge in [-0.2, -0.15) is 0 Å². The molecule has 0 saturated carbocycles. The molecule has 1 aliphatic heterocycles. The SMILES string of the molecule is Cc1cc([C@@H](C)Nc2ccc(Cl)nc2C(=O)NS(C)(=O)=O)c2nc(N3CCC(c4ccc(N(C)C)nc4)CC3)n(C)c(=O)c2c1. The molecule has 1 aromatic carbocycles. The van der Waals surface area contributed by atoms with Crippen molar-refractivity contribution in [2.24, 2.45) is 7.05 Å². The maximum Gasteiger partial charge on any atom is 0.285 e. The summed E-state index contributed by atoms with van der Waals surface area (Å²) < 4.78 is 27.0. The van der Waals surface area contributed by atoms with Crippen LogP contribution in [0.2, 0.25) is 5.15 Å². The van der Waals surface area contributed by atoms with Crippen LogP contribution in [-0.2, 0) is 17.1 Å². The van der Waals surface area contributed by atoms with E-state index in [2.05, 4.69) is 26.3 Å². The summed E-state index contributed by atoms with van der Waals surface area (Å²) in [4.78, 5) is 44.3. The molecule has 3 aromatic heterocycles. The van der Waals surface area contributed by atoms with Crippen LogP contribution in [0.4, 0.5) is 17.5 Å². The van der Waals surface area contributed by atoms with Crippen LogP contribution >= 0.6 is 11.6 Å². The van der Waals surface area contributed by atoms with E-state index in [9.17, 15) is 18.0 Å². The zero-order chi connectivity index (χ0) is 32.6. The predicted molar refractivity (Wildman–Crippen MR) is 178 cm³/mol. The van der Waals surface area contributed by atoms with Gasteiger partial charge in [0.25, 0.3) is 11.5 Å². The molecule has 1 amide bonds. The lowest BCUT2D eigenvalue weighted by Gasteiger charge is -2.34. The lowest BCUT2D eigenvalue weighted by Crippen LogP contribution is -2.37. The van der Waals surface area contributed by atoms with E-state index in [-0.39, 0.29) is 22.1 Å². The van der Waals surface area contributed by atoms with Crippen molar-refractivity contribution in [3.8, 4) is 0 Å². The highest BCUT2D eigenvalue weighted by atomic mass is 35.5. The summed E-state index contributed by atoms with van der Waals surface area (Å²) in [6.07, 6.45) is 4.64. The molecule has 4 heterocycles. The van der Waals surface area contributed by atoms with Gasteiger partial charge in [0.2, 0.25) is 16.0 Å². The third-order valence-electron chi connectivity index (χ3n) is 8.00. The van der Waals surface area contributed by atoms with Gasteiger partial charge in [0.1, 0.15) is 11.0 Å². The number of rotatable bonds is 8. The van der Waals surface area contributed by atoms with Gasteiger partial charge in [-0.15, -0.1) is 0 Å². The molecule has 1 aliphatic rings. The number of hydrogen-bond donors (Lipinski definition) is 2. The molecule has 1 atom stereocenters. The third kappa shape index (κ3) is 7.04. The minimum absolute atomic E-state index is 0.0354. The molecule has 0 unspecified atom stereocenters. The highest BCUT2D eigenvalue weighted by Gasteiger charge is 2.26. The second kappa shape index (κ2) is 12.6. The fraction of sp³-hybridized carbons (Fsp3) is 0.387. The van der Waals surface area contributed by atoms with Gasteiger partial charge in [0, 0.05) is 46.0 Å². The van der Waals surface area contributed by atoms with Gasteiger partial charge >= 0.3 is 0 Å². The van der Waals surface area contributed by atoms with Crippen molar-refractivity contribution in [1.82, 2.24) is 24.2 Å². The molecule has 238 valence electrons. The van der Waals surface area contributed by atoms with E-state index < -0.39 is 22.0 Å². The molecule has 1 saturated heterocycles. The lowest BCUT2D eigenvalue weighted by atomic mass is 9.90. The summed E-state index contributed by atoms with van der Waals surface area (Å²) in [7, 11) is 1.85. The fourth-order valence-corrected chi connectivity index (χ4v) is 6.30. The minimum Gasteiger partial charge on any atom is -0.377 e. The monoisotopic (exact) mass is 652 g/mol. The number of fused-ring (bicyclic) bond motifs is 1. The number of piperidine rings is 1. The molecule has 0 spiro atoms. The number of pyridine rings is 2. The molecule has 0 aliphatic carbocycles. The number of aryl methyl sites for hydroxylation is 1. The molecule has 0 bridgehead atoms. The lowest BCUT2D eigenvalue weighted by molar-refractivity contribution is 0.0977. The first-order valence-corrected chi connectivity index (χ1v) is 16.8. The number of nitrogens with zero attached hydrogens (tertiary/aromatic N) is 6. The average molecular weight is 653 g/mol. The smallest absolute Gasteiger partial charge is 0.285 e. The van der Waals surface area contributed by atoms with Crippen LogP contribution in [0.15, 0.2) is 47.4 Å². The predicted octanol–water partition coefficient (Wildman–Crippen LogP) is 4.00. The molecule has 14 heteroatoms. The highest BCUT2D eigenvalue weighted by molar-refractivity contribution is 7.89. The normalized spacial score (nSPS) is 14.8. The Morgan fingerprint density at radius 2 is 1.82 bits per heavy atom. The largest absolute Gasteiger partial charge is 0.377 e. The number of aromatic nitrogens is 4. The van der Waals surface area contributed by atoms with Crippen molar-refractivity contribution in [1.29, 1.82) is 0 Å². The second-order valence-electron chi connectivity index (χ2n) is 11.7. The first-order chi connectivity index (χ1) is 21.2. The van der Waals surface area contributed by atoms with Gasteiger partial charge < -0.3 is 15.1 Å². The zero-order valence-corrected chi connectivity index (χ0v) is 27.7. The number of hydrogen-bond acceptors (Lipinski definition) is 10. The Bertz CT molecular complexity index is 1920. The first kappa shape index (κ1) is 32.2. The molecule has 1 fully saturated rings. The molecule has 0 radical (unpaired) electrons. The number of carbonyl (C=O) groups is 1. The van der Waals surface area contributed by atoms with E-state index in [0.717, 1.165) is 49.1 Å². The molecule has 12 nitrogen and oxygen atoms in total. The second-order valence-corrected chi connectivity index (χ2v) is 13.9. The number of nitrogens with one attached hydrogen (secondary N) is 2. The number of amides is 1. The van der Waals surface area contributed by atoms with Crippen LogP contribution in [0.25, 0.3) is 10.9 Å². The summed E-state index contributed by atoms with van der Waals surface area (Å²) in [6.45, 7) is 5.25. The van der Waals surface area contributed by atoms with Crippen molar-refractivity contribution in [2.45, 2.75) is 38.6 Å². The Morgan fingerprint density at radius 3 is 2.44 bits per heavy atom. The Hall–Kier alpha value is -4.23. The van der Waals surface area contributed by atoms with Crippen molar-refractivity contribution in [3.63, 3.8) is 0 Å². The Kier molecular flexibility index (Phi) is 9.04. The first-order valence-electron chi connectivity index (χ1n) is 14.6. The Labute approximate surface area is 267 Å². The summed E-state index contributed by atoms with van der Waals surface area (Å²) in [5.41, 5.74) is 3.33. The number of halogens is 1. The number of carbonyl (C=O) groups excluding carboxylic acids is 1. The average Bonchev–Trinajstić information content (AvgIpc) is 2.99. The van der Waals surface area contributed by atoms with E-state index in [0.29, 0.717) is 22.8 Å². The number of sulfonamides is 1. The topological polar surface area (TPSA) is 142 Å². The van der Waals surface area contributed by atoms with Gasteiger partial charge in [-0.05, 0) is 68.0 Å². The molecule has 4 aromatic rings. The van der Waals surface area contributed by atoms with E-state index >= 15 is 0 Å². The summed E-state index contributed by atoms with van der Waals surface area (Å²) >= 11 is 6.04. The maximum absolute atomic E-state index is 13.7. The summed E-state index contributed by atoms with van der Waals surface area (Å²) in [5, 5.41) is 3.78. The van der Waals surface area contributed by atoms with Gasteiger partial charge in [-0.3, -0.25) is 14.2 Å². The van der Waals surface area contributed by atoms with Crippen LogP contribution in [0, 0.1) is 6.92 Å². The van der Waals surface area contributed by atoms with Crippen LogP contribution in [-0.4, -0.2) is 67.3 Å². The fourth-order valence-electron chi connectivity index (χ4n) is 5.72. The van der Waals surface area contributed by atoms with Gasteiger partial charge in [0.05, 0.1) is 28.9 Å². The number of anilines is 3. The third-order valence-corrected chi connectivity index (χ3v) is 8.77. The van der Waals surface area contributed by atoms with Crippen molar-refractivity contribution >= 4 is 55.9 Å². The van der Waals surface area contributed by atoms with Crippen LogP contribution in [0.1, 0.15) is 58.9 Å². The van der Waals surface area contributed by atoms with Crippen molar-refractivity contribution in [3.05, 3.63) is 80.5 Å². The van der Waals surface area contributed by atoms with Gasteiger partial charge in [-0.25, -0.2) is 28.1 Å². The summed E-state index contributed by atoms with van der Waals surface area (Å²) in [5.74, 6) is 0.964. The molecule has 5 rings (SSSR count). The van der Waals surface area contributed by atoms with E-state index in [1.54, 1.807) is 17.7 Å². The van der Waals surface area contributed by atoms with Gasteiger partial charge in [-0.1, -0.05) is 23.7 Å². The van der Waals surface area contributed by atoms with Crippen LogP contribution in [0.3, 0.4) is 0 Å². The van der Waals surface area contributed by atoms with Crippen molar-refractivity contribution < 1.29 is 13.2 Å².